The fourth-order valence-electron chi connectivity index (χ4n) is 0.959. The highest BCUT2D eigenvalue weighted by Crippen LogP contribution is 1.90. The fraction of sp³-hybridized carbons (Fsp3) is 0.444. The molecule has 0 radical (unpaired) electrons. The maximum absolute atomic E-state index is 11.3. The van der Waals surface area contributed by atoms with Gasteiger partial charge in [0.25, 0.3) is 5.91 Å². The number of carbonyl (C=O) groups is 1. The number of rotatable bonds is 4. The number of nitrogens with zero attached hydrogens (tertiary/aromatic N) is 2. The molecule has 5 nitrogen and oxygen atoms in total. The Morgan fingerprint density at radius 1 is 1.64 bits per heavy atom. The highest BCUT2D eigenvalue weighted by atomic mass is 16.2. The van der Waals surface area contributed by atoms with Gasteiger partial charge in [-0.25, -0.2) is 4.98 Å². The van der Waals surface area contributed by atoms with Gasteiger partial charge in [0.2, 0.25) is 5.82 Å². The fourth-order valence-corrected chi connectivity index (χ4v) is 0.959. The number of hydrogen-bond acceptors (Lipinski definition) is 3. The number of hydrogen-bond donors (Lipinski definition) is 2. The molecular weight excluding hydrogens is 180 g/mol. The summed E-state index contributed by atoms with van der Waals surface area (Å²) in [6, 6.07) is 0. The zero-order valence-electron chi connectivity index (χ0n) is 8.37. The van der Waals surface area contributed by atoms with Crippen molar-refractivity contribution in [2.75, 3.05) is 6.54 Å². The molecule has 0 spiro atoms. The lowest BCUT2D eigenvalue weighted by Crippen LogP contribution is -2.25. The van der Waals surface area contributed by atoms with Crippen molar-refractivity contribution < 1.29 is 4.79 Å². The van der Waals surface area contributed by atoms with Gasteiger partial charge in [-0.1, -0.05) is 12.2 Å². The Labute approximate surface area is 82.6 Å². The summed E-state index contributed by atoms with van der Waals surface area (Å²) in [6.45, 7) is 4.31. The first-order valence-electron chi connectivity index (χ1n) is 4.52. The van der Waals surface area contributed by atoms with Crippen molar-refractivity contribution in [2.45, 2.75) is 20.3 Å². The molecule has 1 rings (SSSR count). The predicted octanol–water partition coefficient (Wildman–Crippen LogP) is 0.809. The maximum Gasteiger partial charge on any atom is 0.290 e. The Morgan fingerprint density at radius 3 is 3.00 bits per heavy atom. The van der Waals surface area contributed by atoms with Crippen LogP contribution in [0.3, 0.4) is 0 Å². The van der Waals surface area contributed by atoms with E-state index in [0.29, 0.717) is 12.4 Å². The minimum Gasteiger partial charge on any atom is -0.349 e. The first-order chi connectivity index (χ1) is 6.74. The average molecular weight is 194 g/mol. The smallest absolute Gasteiger partial charge is 0.290 e. The number of allylic oxidation sites excluding steroid dienone is 1. The van der Waals surface area contributed by atoms with Gasteiger partial charge in [0.15, 0.2) is 0 Å². The highest BCUT2D eigenvalue weighted by Gasteiger charge is 2.08. The molecule has 14 heavy (non-hydrogen) atoms. The van der Waals surface area contributed by atoms with Crippen molar-refractivity contribution in [2.24, 2.45) is 0 Å². The van der Waals surface area contributed by atoms with E-state index in [4.69, 9.17) is 0 Å². The average Bonchev–Trinajstić information content (AvgIpc) is 2.59. The van der Waals surface area contributed by atoms with Crippen LogP contribution in [-0.4, -0.2) is 27.6 Å². The van der Waals surface area contributed by atoms with Crippen LogP contribution in [0.5, 0.6) is 0 Å². The van der Waals surface area contributed by atoms with E-state index in [1.807, 2.05) is 19.1 Å². The minimum absolute atomic E-state index is 0.197. The lowest BCUT2D eigenvalue weighted by Gasteiger charge is -1.98. The molecule has 1 aromatic rings. The number of aromatic nitrogens is 3. The largest absolute Gasteiger partial charge is 0.349 e. The molecule has 1 heterocycles. The van der Waals surface area contributed by atoms with Crippen molar-refractivity contribution in [3.63, 3.8) is 0 Å². The molecule has 0 aliphatic carbocycles. The molecule has 0 saturated carbocycles. The van der Waals surface area contributed by atoms with Gasteiger partial charge in [0.05, 0.1) is 0 Å². The Balaban J connectivity index is 2.35. The van der Waals surface area contributed by atoms with Gasteiger partial charge in [-0.15, -0.1) is 5.10 Å². The van der Waals surface area contributed by atoms with Crippen molar-refractivity contribution >= 4 is 5.91 Å². The molecule has 0 aromatic carbocycles. The monoisotopic (exact) mass is 194 g/mol. The van der Waals surface area contributed by atoms with E-state index >= 15 is 0 Å². The number of carbonyl (C=O) groups excluding carboxylic acids is 1. The molecule has 76 valence electrons. The normalized spacial score (nSPS) is 10.7. The zero-order chi connectivity index (χ0) is 10.4. The van der Waals surface area contributed by atoms with E-state index in [1.54, 1.807) is 6.92 Å². The summed E-state index contributed by atoms with van der Waals surface area (Å²) in [5.41, 5.74) is 0. The Kier molecular flexibility index (Phi) is 3.84. The van der Waals surface area contributed by atoms with E-state index in [0.717, 1.165) is 6.42 Å². The first-order valence-corrected chi connectivity index (χ1v) is 4.52. The van der Waals surface area contributed by atoms with Gasteiger partial charge in [0.1, 0.15) is 5.82 Å². The van der Waals surface area contributed by atoms with Gasteiger partial charge in [-0.2, -0.15) is 0 Å². The van der Waals surface area contributed by atoms with Crippen LogP contribution in [0.2, 0.25) is 0 Å². The predicted molar refractivity (Wildman–Crippen MR) is 52.9 cm³/mol. The topological polar surface area (TPSA) is 70.7 Å². The SMILES string of the molecule is C/C=C/CCNC(=O)c1n[nH]c(C)n1. The second-order valence-corrected chi connectivity index (χ2v) is 2.86. The lowest BCUT2D eigenvalue weighted by atomic mass is 10.4. The highest BCUT2D eigenvalue weighted by molar-refractivity contribution is 5.90. The summed E-state index contributed by atoms with van der Waals surface area (Å²) < 4.78 is 0. The molecule has 2 N–H and O–H groups in total. The lowest BCUT2D eigenvalue weighted by molar-refractivity contribution is 0.0944. The molecule has 0 bridgehead atoms. The van der Waals surface area contributed by atoms with E-state index in [9.17, 15) is 4.79 Å². The number of H-pyrrole nitrogens is 1. The summed E-state index contributed by atoms with van der Waals surface area (Å²) in [7, 11) is 0. The van der Waals surface area contributed by atoms with Gasteiger partial charge in [0, 0.05) is 6.54 Å². The molecular formula is C9H14N4O. The second-order valence-electron chi connectivity index (χ2n) is 2.86. The number of aromatic amines is 1. The molecule has 0 unspecified atom stereocenters. The van der Waals surface area contributed by atoms with Gasteiger partial charge >= 0.3 is 0 Å². The molecule has 0 fully saturated rings. The quantitative estimate of drug-likeness (QED) is 0.550. The zero-order valence-corrected chi connectivity index (χ0v) is 8.37. The molecule has 1 amide bonds. The van der Waals surface area contributed by atoms with Crippen LogP contribution >= 0.6 is 0 Å². The van der Waals surface area contributed by atoms with Crippen LogP contribution in [0.25, 0.3) is 0 Å². The summed E-state index contributed by atoms with van der Waals surface area (Å²) >= 11 is 0. The van der Waals surface area contributed by atoms with E-state index < -0.39 is 0 Å². The van der Waals surface area contributed by atoms with E-state index in [1.165, 1.54) is 0 Å². The Hall–Kier alpha value is -1.65. The Bertz CT molecular complexity index is 329. The molecule has 0 saturated heterocycles. The summed E-state index contributed by atoms with van der Waals surface area (Å²) in [4.78, 5) is 15.3. The third-order valence-electron chi connectivity index (χ3n) is 1.63. The molecule has 0 aliphatic rings. The standard InChI is InChI=1S/C9H14N4O/c1-3-4-5-6-10-9(14)8-11-7(2)12-13-8/h3-4H,5-6H2,1-2H3,(H,10,14)(H,11,12,13)/b4-3+. The second kappa shape index (κ2) is 5.16. The molecule has 0 atom stereocenters. The third-order valence-corrected chi connectivity index (χ3v) is 1.63. The van der Waals surface area contributed by atoms with E-state index in [2.05, 4.69) is 20.5 Å². The van der Waals surface area contributed by atoms with Crippen LogP contribution in [0, 0.1) is 6.92 Å². The minimum atomic E-state index is -0.237. The van der Waals surface area contributed by atoms with Gasteiger partial charge in [-0.05, 0) is 20.3 Å². The van der Waals surface area contributed by atoms with Crippen LogP contribution < -0.4 is 5.32 Å². The third kappa shape index (κ3) is 3.01. The molecule has 1 aromatic heterocycles. The first kappa shape index (κ1) is 10.4. The van der Waals surface area contributed by atoms with Crippen LogP contribution in [-0.2, 0) is 0 Å². The van der Waals surface area contributed by atoms with Gasteiger partial charge < -0.3 is 5.32 Å². The van der Waals surface area contributed by atoms with Crippen molar-refractivity contribution in [1.29, 1.82) is 0 Å². The van der Waals surface area contributed by atoms with Gasteiger partial charge in [-0.3, -0.25) is 9.89 Å². The number of nitrogens with one attached hydrogen (secondary N) is 2. The summed E-state index contributed by atoms with van der Waals surface area (Å²) in [6.07, 6.45) is 4.76. The van der Waals surface area contributed by atoms with E-state index in [-0.39, 0.29) is 11.7 Å². The summed E-state index contributed by atoms with van der Waals surface area (Å²) in [5, 5.41) is 9.08. The van der Waals surface area contributed by atoms with Crippen molar-refractivity contribution in [1.82, 2.24) is 20.5 Å². The molecule has 0 aliphatic heterocycles. The van der Waals surface area contributed by atoms with Crippen LogP contribution in [0.1, 0.15) is 29.8 Å². The number of aryl methyl sites for hydroxylation is 1. The van der Waals surface area contributed by atoms with Crippen molar-refractivity contribution in [3.8, 4) is 0 Å². The van der Waals surface area contributed by atoms with Crippen LogP contribution in [0.15, 0.2) is 12.2 Å². The maximum atomic E-state index is 11.3. The van der Waals surface area contributed by atoms with Crippen molar-refractivity contribution in [3.05, 3.63) is 23.8 Å². The number of amides is 1. The molecule has 5 heteroatoms. The Morgan fingerprint density at radius 2 is 2.43 bits per heavy atom. The van der Waals surface area contributed by atoms with Crippen LogP contribution in [0.4, 0.5) is 0 Å². The summed E-state index contributed by atoms with van der Waals surface area (Å²) in [5.74, 6) is 0.602.